The maximum absolute atomic E-state index is 11.6. The van der Waals surface area contributed by atoms with Gasteiger partial charge in [-0.2, -0.15) is 0 Å². The van der Waals surface area contributed by atoms with Crippen molar-refractivity contribution >= 4 is 28.0 Å². The fourth-order valence-electron chi connectivity index (χ4n) is 3.00. The number of nitrogens with one attached hydrogen (secondary N) is 1. The molecule has 0 fully saturated rings. The summed E-state index contributed by atoms with van der Waals surface area (Å²) in [5.74, 6) is 0.822. The zero-order chi connectivity index (χ0) is 18.3. The summed E-state index contributed by atoms with van der Waals surface area (Å²) in [6.07, 6.45) is 2.02. The Morgan fingerprint density at radius 1 is 1.04 bits per heavy atom. The van der Waals surface area contributed by atoms with Crippen molar-refractivity contribution in [1.29, 1.82) is 0 Å². The Kier molecular flexibility index (Phi) is 3.73. The van der Waals surface area contributed by atoms with Gasteiger partial charge in [-0.15, -0.1) is 0 Å². The van der Waals surface area contributed by atoms with E-state index in [1.165, 1.54) is 0 Å². The minimum atomic E-state index is -0.628. The van der Waals surface area contributed by atoms with E-state index in [4.69, 9.17) is 10.5 Å². The van der Waals surface area contributed by atoms with Gasteiger partial charge in [-0.3, -0.25) is 9.59 Å². The van der Waals surface area contributed by atoms with Gasteiger partial charge < -0.3 is 20.4 Å². The molecular formula is C20H17N3O3. The minimum Gasteiger partial charge on any atom is -0.497 e. The normalized spacial score (nSPS) is 11.1. The predicted octanol–water partition coefficient (Wildman–Crippen LogP) is 2.62. The molecule has 130 valence electrons. The number of fused-ring (bicyclic) bond motifs is 1. The summed E-state index contributed by atoms with van der Waals surface area (Å²) in [5, 5.41) is 4.04. The number of benzene rings is 2. The molecule has 0 amide bonds. The van der Waals surface area contributed by atoms with Gasteiger partial charge in [0.05, 0.1) is 12.6 Å². The largest absolute Gasteiger partial charge is 0.497 e. The standard InChI is InChI=1S/C20H17N3O3/c1-26-15-6-2-12(3-7-15)11-23-9-8-13-4-5-14(10-16(13)23)22-18-17(21)19(24)20(18)25/h2-10,22H,11,21H2,1H3. The first-order valence-electron chi connectivity index (χ1n) is 8.14. The molecule has 0 spiro atoms. The number of hydrogen-bond donors (Lipinski definition) is 2. The molecule has 0 aliphatic carbocycles. The van der Waals surface area contributed by atoms with Crippen LogP contribution < -0.4 is 26.6 Å². The summed E-state index contributed by atoms with van der Waals surface area (Å²) in [4.78, 5) is 22.8. The second-order valence-electron chi connectivity index (χ2n) is 6.14. The predicted molar refractivity (Wildman–Crippen MR) is 103 cm³/mol. The van der Waals surface area contributed by atoms with Crippen LogP contribution in [0.4, 0.5) is 17.1 Å². The monoisotopic (exact) mass is 347 g/mol. The molecule has 0 saturated heterocycles. The SMILES string of the molecule is COc1ccc(Cn2ccc3ccc(Nc4c(N)c(=O)c4=O)cc32)cc1. The second-order valence-corrected chi connectivity index (χ2v) is 6.14. The smallest absolute Gasteiger partial charge is 0.253 e. The number of aromatic nitrogens is 1. The summed E-state index contributed by atoms with van der Waals surface area (Å²) >= 11 is 0. The zero-order valence-electron chi connectivity index (χ0n) is 14.2. The zero-order valence-corrected chi connectivity index (χ0v) is 14.2. The summed E-state index contributed by atoms with van der Waals surface area (Å²) < 4.78 is 7.31. The number of nitrogens with zero attached hydrogens (tertiary/aromatic N) is 1. The highest BCUT2D eigenvalue weighted by molar-refractivity contribution is 5.86. The maximum Gasteiger partial charge on any atom is 0.253 e. The topological polar surface area (TPSA) is 86.3 Å². The van der Waals surface area contributed by atoms with Crippen molar-refractivity contribution in [2.45, 2.75) is 6.54 Å². The maximum atomic E-state index is 11.6. The van der Waals surface area contributed by atoms with E-state index in [1.54, 1.807) is 7.11 Å². The van der Waals surface area contributed by atoms with Gasteiger partial charge >= 0.3 is 0 Å². The van der Waals surface area contributed by atoms with Crippen molar-refractivity contribution in [3.05, 3.63) is 80.7 Å². The van der Waals surface area contributed by atoms with E-state index in [1.807, 2.05) is 54.7 Å². The molecule has 0 radical (unpaired) electrons. The van der Waals surface area contributed by atoms with Gasteiger partial charge in [-0.1, -0.05) is 18.2 Å². The fourth-order valence-corrected chi connectivity index (χ4v) is 3.00. The van der Waals surface area contributed by atoms with Gasteiger partial charge in [0, 0.05) is 18.4 Å². The van der Waals surface area contributed by atoms with Crippen molar-refractivity contribution < 1.29 is 4.74 Å². The van der Waals surface area contributed by atoms with Gasteiger partial charge in [0.2, 0.25) is 0 Å². The Balaban J connectivity index is 1.64. The number of nitrogens with two attached hydrogens (primary N) is 1. The fraction of sp³-hybridized carbons (Fsp3) is 0.100. The summed E-state index contributed by atoms with van der Waals surface area (Å²) in [7, 11) is 1.64. The quantitative estimate of drug-likeness (QED) is 0.542. The van der Waals surface area contributed by atoms with Crippen molar-refractivity contribution in [2.24, 2.45) is 0 Å². The molecule has 0 unspecified atom stereocenters. The Bertz CT molecular complexity index is 1170. The molecular weight excluding hydrogens is 330 g/mol. The first kappa shape index (κ1) is 16.0. The van der Waals surface area contributed by atoms with Crippen molar-refractivity contribution in [1.82, 2.24) is 4.57 Å². The third kappa shape index (κ3) is 2.61. The van der Waals surface area contributed by atoms with Crippen LogP contribution in [0.25, 0.3) is 10.9 Å². The molecule has 6 nitrogen and oxygen atoms in total. The highest BCUT2D eigenvalue weighted by Crippen LogP contribution is 2.25. The number of methoxy groups -OCH3 is 1. The van der Waals surface area contributed by atoms with Gasteiger partial charge in [0.15, 0.2) is 0 Å². The van der Waals surface area contributed by atoms with Crippen LogP contribution in [0, 0.1) is 0 Å². The summed E-state index contributed by atoms with van der Waals surface area (Å²) in [5.41, 5.74) is 7.42. The van der Waals surface area contributed by atoms with Crippen LogP contribution in [0.3, 0.4) is 0 Å². The highest BCUT2D eigenvalue weighted by Gasteiger charge is 2.18. The third-order valence-corrected chi connectivity index (χ3v) is 4.50. The lowest BCUT2D eigenvalue weighted by Gasteiger charge is -2.11. The van der Waals surface area contributed by atoms with Crippen molar-refractivity contribution in [3.8, 4) is 5.75 Å². The molecule has 4 aromatic rings. The molecule has 3 aromatic carbocycles. The van der Waals surface area contributed by atoms with Crippen LogP contribution in [-0.4, -0.2) is 11.7 Å². The van der Waals surface area contributed by atoms with Crippen LogP contribution in [0.1, 0.15) is 5.56 Å². The van der Waals surface area contributed by atoms with Crippen LogP contribution in [0.2, 0.25) is 0 Å². The Morgan fingerprint density at radius 2 is 1.81 bits per heavy atom. The lowest BCUT2D eigenvalue weighted by molar-refractivity contribution is 0.414. The van der Waals surface area contributed by atoms with E-state index in [9.17, 15) is 9.59 Å². The molecule has 0 bridgehead atoms. The average Bonchev–Trinajstić information content (AvgIpc) is 3.08. The molecule has 0 aliphatic heterocycles. The number of hydrogen-bond acceptors (Lipinski definition) is 5. The summed E-state index contributed by atoms with van der Waals surface area (Å²) in [6.45, 7) is 0.708. The lowest BCUT2D eigenvalue weighted by atomic mass is 10.1. The van der Waals surface area contributed by atoms with E-state index >= 15 is 0 Å². The van der Waals surface area contributed by atoms with Gasteiger partial charge in [0.25, 0.3) is 10.9 Å². The van der Waals surface area contributed by atoms with Gasteiger partial charge in [-0.05, 0) is 41.3 Å². The highest BCUT2D eigenvalue weighted by atomic mass is 16.5. The van der Waals surface area contributed by atoms with Crippen molar-refractivity contribution in [3.63, 3.8) is 0 Å². The second kappa shape index (κ2) is 6.07. The molecule has 1 aromatic heterocycles. The Morgan fingerprint density at radius 3 is 2.50 bits per heavy atom. The average molecular weight is 347 g/mol. The number of anilines is 3. The molecule has 0 atom stereocenters. The number of ether oxygens (including phenoxy) is 1. The van der Waals surface area contributed by atoms with Gasteiger partial charge in [-0.25, -0.2) is 0 Å². The summed E-state index contributed by atoms with van der Waals surface area (Å²) in [6, 6.07) is 15.7. The van der Waals surface area contributed by atoms with Crippen LogP contribution in [0.15, 0.2) is 64.3 Å². The molecule has 1 heterocycles. The third-order valence-electron chi connectivity index (χ3n) is 4.50. The number of rotatable bonds is 5. The first-order chi connectivity index (χ1) is 12.6. The molecule has 4 rings (SSSR count). The van der Waals surface area contributed by atoms with E-state index < -0.39 is 10.9 Å². The van der Waals surface area contributed by atoms with Crippen LogP contribution in [0.5, 0.6) is 5.75 Å². The van der Waals surface area contributed by atoms with Crippen molar-refractivity contribution in [2.75, 3.05) is 18.2 Å². The molecule has 0 saturated carbocycles. The first-order valence-corrected chi connectivity index (χ1v) is 8.14. The molecule has 26 heavy (non-hydrogen) atoms. The van der Waals surface area contributed by atoms with E-state index in [0.29, 0.717) is 12.2 Å². The number of nitrogen functional groups attached to an aromatic ring is 1. The van der Waals surface area contributed by atoms with Crippen LogP contribution in [-0.2, 0) is 6.54 Å². The molecule has 3 N–H and O–H groups in total. The molecule has 6 heteroatoms. The Labute approximate surface area is 149 Å². The van der Waals surface area contributed by atoms with E-state index in [2.05, 4.69) is 9.88 Å². The van der Waals surface area contributed by atoms with E-state index in [-0.39, 0.29) is 11.4 Å². The van der Waals surface area contributed by atoms with Gasteiger partial charge in [0.1, 0.15) is 17.1 Å². The van der Waals surface area contributed by atoms with Crippen LogP contribution >= 0.6 is 0 Å². The minimum absolute atomic E-state index is 0.0105. The molecule has 0 aliphatic rings. The lowest BCUT2D eigenvalue weighted by Crippen LogP contribution is -2.36. The Hall–Kier alpha value is -3.54. The van der Waals surface area contributed by atoms with E-state index in [0.717, 1.165) is 22.2 Å².